The molecular formula is C18H19N3O6S. The van der Waals surface area contributed by atoms with Gasteiger partial charge in [-0.3, -0.25) is 24.1 Å². The molecule has 0 atom stereocenters. The number of aromatic nitrogens is 1. The van der Waals surface area contributed by atoms with E-state index in [1.807, 2.05) is 6.92 Å². The molecule has 148 valence electrons. The maximum absolute atomic E-state index is 12.4. The van der Waals surface area contributed by atoms with Crippen LogP contribution in [0.3, 0.4) is 0 Å². The molecule has 0 saturated carbocycles. The Labute approximate surface area is 164 Å². The third kappa shape index (κ3) is 4.11. The van der Waals surface area contributed by atoms with E-state index in [4.69, 9.17) is 9.47 Å². The molecular weight excluding hydrogens is 386 g/mol. The Hall–Kier alpha value is -3.01. The monoisotopic (exact) mass is 405 g/mol. The number of rotatable bonds is 6. The van der Waals surface area contributed by atoms with Gasteiger partial charge in [0.15, 0.2) is 4.80 Å². The predicted octanol–water partition coefficient (Wildman–Crippen LogP) is 0.851. The van der Waals surface area contributed by atoms with Crippen LogP contribution < -0.4 is 9.54 Å². The summed E-state index contributed by atoms with van der Waals surface area (Å²) in [4.78, 5) is 52.8. The second kappa shape index (κ2) is 8.34. The van der Waals surface area contributed by atoms with E-state index >= 15 is 0 Å². The first-order chi connectivity index (χ1) is 13.4. The minimum atomic E-state index is -0.640. The standard InChI is InChI=1S/C18H19N3O6S/c1-3-27-11-4-5-12-13(8-11)28-18(20(12)10-17(25)26-2)19-14(22)9-21-15(23)6-7-16(21)24/h4-5,8H,3,6-7,9-10H2,1-2H3. The second-order valence-corrected chi connectivity index (χ2v) is 7.00. The zero-order valence-corrected chi connectivity index (χ0v) is 16.3. The number of hydrogen-bond donors (Lipinski definition) is 0. The van der Waals surface area contributed by atoms with Crippen LogP contribution in [0.25, 0.3) is 10.2 Å². The molecule has 1 aliphatic rings. The number of ether oxygens (including phenoxy) is 2. The SMILES string of the molecule is CCOc1ccc2c(c1)sc(=NC(=O)CN1C(=O)CCC1=O)n2CC(=O)OC. The number of hydrogen-bond acceptors (Lipinski definition) is 7. The number of benzene rings is 1. The van der Waals surface area contributed by atoms with Gasteiger partial charge in [0.2, 0.25) is 11.8 Å². The lowest BCUT2D eigenvalue weighted by molar-refractivity contribution is -0.142. The summed E-state index contributed by atoms with van der Waals surface area (Å²) in [6.45, 7) is 1.84. The molecule has 0 spiro atoms. The number of nitrogens with zero attached hydrogens (tertiary/aromatic N) is 3. The topological polar surface area (TPSA) is 107 Å². The molecule has 0 N–H and O–H groups in total. The Morgan fingerprint density at radius 3 is 2.54 bits per heavy atom. The summed E-state index contributed by atoms with van der Waals surface area (Å²) in [6.07, 6.45) is 0.217. The lowest BCUT2D eigenvalue weighted by Gasteiger charge is -2.10. The summed E-state index contributed by atoms with van der Waals surface area (Å²) in [7, 11) is 1.28. The molecule has 3 amide bonds. The lowest BCUT2D eigenvalue weighted by atomic mass is 10.3. The largest absolute Gasteiger partial charge is 0.494 e. The average Bonchev–Trinajstić information content (AvgIpc) is 3.16. The van der Waals surface area contributed by atoms with Crippen molar-refractivity contribution in [2.24, 2.45) is 4.99 Å². The maximum atomic E-state index is 12.4. The van der Waals surface area contributed by atoms with Crippen LogP contribution >= 0.6 is 11.3 Å². The number of amides is 3. The van der Waals surface area contributed by atoms with E-state index < -0.39 is 18.4 Å². The van der Waals surface area contributed by atoms with Gasteiger partial charge in [0.25, 0.3) is 5.91 Å². The van der Waals surface area contributed by atoms with E-state index in [1.165, 1.54) is 18.4 Å². The van der Waals surface area contributed by atoms with Gasteiger partial charge in [0.05, 0.1) is 23.9 Å². The minimum absolute atomic E-state index is 0.109. The van der Waals surface area contributed by atoms with Crippen LogP contribution in [0, 0.1) is 0 Å². The van der Waals surface area contributed by atoms with Crippen molar-refractivity contribution >= 4 is 45.2 Å². The number of fused-ring (bicyclic) bond motifs is 1. The van der Waals surface area contributed by atoms with Crippen LogP contribution in [-0.4, -0.2) is 53.4 Å². The van der Waals surface area contributed by atoms with Gasteiger partial charge >= 0.3 is 5.97 Å². The number of likely N-dealkylation sites (tertiary alicyclic amines) is 1. The summed E-state index contributed by atoms with van der Waals surface area (Å²) in [6, 6.07) is 5.34. The molecule has 1 fully saturated rings. The molecule has 0 bridgehead atoms. The third-order valence-electron chi connectivity index (χ3n) is 4.15. The fraction of sp³-hybridized carbons (Fsp3) is 0.389. The second-order valence-electron chi connectivity index (χ2n) is 5.99. The highest BCUT2D eigenvalue weighted by Gasteiger charge is 2.30. The molecule has 0 aliphatic carbocycles. The Kier molecular flexibility index (Phi) is 5.88. The molecule has 9 nitrogen and oxygen atoms in total. The Balaban J connectivity index is 1.99. The first-order valence-corrected chi connectivity index (χ1v) is 9.48. The van der Waals surface area contributed by atoms with Gasteiger partial charge in [0.1, 0.15) is 18.8 Å². The van der Waals surface area contributed by atoms with Gasteiger partial charge in [-0.15, -0.1) is 0 Å². The summed E-state index contributed by atoms with van der Waals surface area (Å²) in [5.41, 5.74) is 0.693. The molecule has 2 aromatic rings. The van der Waals surface area contributed by atoms with E-state index in [9.17, 15) is 19.2 Å². The molecule has 1 aromatic carbocycles. The van der Waals surface area contributed by atoms with Crippen LogP contribution in [0.15, 0.2) is 23.2 Å². The summed E-state index contributed by atoms with van der Waals surface area (Å²) in [5.74, 6) is -1.24. The van der Waals surface area contributed by atoms with Gasteiger partial charge in [-0.25, -0.2) is 0 Å². The van der Waals surface area contributed by atoms with E-state index in [0.717, 1.165) is 9.60 Å². The van der Waals surface area contributed by atoms with E-state index in [0.29, 0.717) is 17.9 Å². The molecule has 0 unspecified atom stereocenters. The molecule has 3 rings (SSSR count). The van der Waals surface area contributed by atoms with E-state index in [2.05, 4.69) is 4.99 Å². The van der Waals surface area contributed by atoms with Crippen molar-refractivity contribution in [2.75, 3.05) is 20.3 Å². The van der Waals surface area contributed by atoms with Gasteiger partial charge in [0, 0.05) is 12.8 Å². The third-order valence-corrected chi connectivity index (χ3v) is 5.19. The number of esters is 1. The van der Waals surface area contributed by atoms with Crippen molar-refractivity contribution in [1.82, 2.24) is 9.47 Å². The average molecular weight is 405 g/mol. The molecule has 1 aromatic heterocycles. The van der Waals surface area contributed by atoms with Gasteiger partial charge in [-0.2, -0.15) is 4.99 Å². The van der Waals surface area contributed by atoms with Crippen molar-refractivity contribution in [3.8, 4) is 5.75 Å². The zero-order valence-electron chi connectivity index (χ0n) is 15.5. The van der Waals surface area contributed by atoms with Crippen molar-refractivity contribution in [2.45, 2.75) is 26.3 Å². The number of methoxy groups -OCH3 is 1. The van der Waals surface area contributed by atoms with Crippen molar-refractivity contribution < 1.29 is 28.7 Å². The minimum Gasteiger partial charge on any atom is -0.494 e. The summed E-state index contributed by atoms with van der Waals surface area (Å²) in [5, 5.41) is 0. The summed E-state index contributed by atoms with van der Waals surface area (Å²) < 4.78 is 12.5. The number of carbonyl (C=O) groups excluding carboxylic acids is 4. The van der Waals surface area contributed by atoms with Crippen LogP contribution in [0.2, 0.25) is 0 Å². The smallest absolute Gasteiger partial charge is 0.325 e. The van der Waals surface area contributed by atoms with Crippen molar-refractivity contribution in [1.29, 1.82) is 0 Å². The fourth-order valence-electron chi connectivity index (χ4n) is 2.82. The van der Waals surface area contributed by atoms with E-state index in [1.54, 1.807) is 22.8 Å². The molecule has 10 heteroatoms. The van der Waals surface area contributed by atoms with Crippen molar-refractivity contribution in [3.63, 3.8) is 0 Å². The number of thiazole rings is 1. The normalized spacial score (nSPS) is 14.8. The first kappa shape index (κ1) is 19.7. The first-order valence-electron chi connectivity index (χ1n) is 8.66. The van der Waals surface area contributed by atoms with Crippen molar-refractivity contribution in [3.05, 3.63) is 23.0 Å². The highest BCUT2D eigenvalue weighted by atomic mass is 32.1. The fourth-order valence-corrected chi connectivity index (χ4v) is 3.89. The Morgan fingerprint density at radius 1 is 1.18 bits per heavy atom. The van der Waals surface area contributed by atoms with Gasteiger partial charge in [-0.05, 0) is 25.1 Å². The van der Waals surface area contributed by atoms with Crippen LogP contribution in [0.4, 0.5) is 0 Å². The molecule has 1 saturated heterocycles. The highest BCUT2D eigenvalue weighted by Crippen LogP contribution is 2.23. The Bertz CT molecular complexity index is 1010. The molecule has 0 radical (unpaired) electrons. The predicted molar refractivity (Wildman–Crippen MR) is 99.5 cm³/mol. The van der Waals surface area contributed by atoms with Crippen LogP contribution in [0.1, 0.15) is 19.8 Å². The maximum Gasteiger partial charge on any atom is 0.325 e. The summed E-state index contributed by atoms with van der Waals surface area (Å²) >= 11 is 1.20. The highest BCUT2D eigenvalue weighted by molar-refractivity contribution is 7.16. The van der Waals surface area contributed by atoms with Gasteiger partial charge < -0.3 is 14.0 Å². The van der Waals surface area contributed by atoms with Crippen LogP contribution in [-0.2, 0) is 30.5 Å². The lowest BCUT2D eigenvalue weighted by Crippen LogP contribution is -2.34. The Morgan fingerprint density at radius 2 is 1.89 bits per heavy atom. The quantitative estimate of drug-likeness (QED) is 0.521. The van der Waals surface area contributed by atoms with Crippen LogP contribution in [0.5, 0.6) is 5.75 Å². The molecule has 2 heterocycles. The molecule has 28 heavy (non-hydrogen) atoms. The molecule has 1 aliphatic heterocycles. The number of imide groups is 1. The zero-order chi connectivity index (χ0) is 20.3. The van der Waals surface area contributed by atoms with E-state index in [-0.39, 0.29) is 36.0 Å². The number of carbonyl (C=O) groups is 4. The van der Waals surface area contributed by atoms with Gasteiger partial charge in [-0.1, -0.05) is 11.3 Å².